The number of hydrogen-bond acceptors (Lipinski definition) is 4. The summed E-state index contributed by atoms with van der Waals surface area (Å²) in [6.45, 7) is 5.00. The summed E-state index contributed by atoms with van der Waals surface area (Å²) >= 11 is 0. The van der Waals surface area contributed by atoms with Crippen LogP contribution in [0.2, 0.25) is 0 Å². The van der Waals surface area contributed by atoms with Gasteiger partial charge < -0.3 is 20.1 Å². The largest absolute Gasteiger partial charge is 0.381 e. The highest BCUT2D eigenvalue weighted by atomic mass is 16.5. The van der Waals surface area contributed by atoms with Gasteiger partial charge >= 0.3 is 0 Å². The van der Waals surface area contributed by atoms with Gasteiger partial charge in [-0.1, -0.05) is 0 Å². The first-order chi connectivity index (χ1) is 8.28. The van der Waals surface area contributed by atoms with Crippen molar-refractivity contribution in [1.29, 1.82) is 0 Å². The third-order valence-corrected chi connectivity index (χ3v) is 4.08. The number of hydrogen-bond donors (Lipinski definition) is 1. The Morgan fingerprint density at radius 3 is 3.18 bits per heavy atom. The summed E-state index contributed by atoms with van der Waals surface area (Å²) in [6, 6.07) is 0. The van der Waals surface area contributed by atoms with Crippen LogP contribution >= 0.6 is 0 Å². The van der Waals surface area contributed by atoms with Crippen LogP contribution in [0.1, 0.15) is 32.1 Å². The fourth-order valence-electron chi connectivity index (χ4n) is 3.16. The number of likely N-dealkylation sites (tertiary alicyclic amines) is 1. The molecule has 4 heteroatoms. The van der Waals surface area contributed by atoms with Gasteiger partial charge in [0, 0.05) is 26.7 Å². The summed E-state index contributed by atoms with van der Waals surface area (Å²) in [4.78, 5) is 2.51. The van der Waals surface area contributed by atoms with Crippen LogP contribution in [0.15, 0.2) is 0 Å². The molecule has 0 saturated carbocycles. The first-order valence-corrected chi connectivity index (χ1v) is 6.87. The molecule has 100 valence electrons. The van der Waals surface area contributed by atoms with Gasteiger partial charge in [0.05, 0.1) is 11.7 Å². The van der Waals surface area contributed by atoms with Crippen molar-refractivity contribution in [2.24, 2.45) is 5.73 Å². The second-order valence-corrected chi connectivity index (χ2v) is 5.40. The van der Waals surface area contributed by atoms with Crippen LogP contribution < -0.4 is 5.73 Å². The van der Waals surface area contributed by atoms with Crippen LogP contribution in [0.4, 0.5) is 0 Å². The van der Waals surface area contributed by atoms with Crippen molar-refractivity contribution < 1.29 is 9.47 Å². The molecule has 0 aliphatic carbocycles. The Kier molecular flexibility index (Phi) is 4.79. The highest BCUT2D eigenvalue weighted by molar-refractivity contribution is 4.93. The van der Waals surface area contributed by atoms with Gasteiger partial charge in [-0.15, -0.1) is 0 Å². The molecule has 0 aromatic heterocycles. The predicted octanol–water partition coefficient (Wildman–Crippen LogP) is 0.995. The van der Waals surface area contributed by atoms with Gasteiger partial charge in [0.25, 0.3) is 0 Å². The molecule has 0 bridgehead atoms. The Balaban J connectivity index is 1.89. The molecule has 0 aromatic carbocycles. The normalized spacial score (nSPS) is 35.3. The average Bonchev–Trinajstić information content (AvgIpc) is 2.36. The minimum Gasteiger partial charge on any atom is -0.381 e. The van der Waals surface area contributed by atoms with E-state index in [1.807, 2.05) is 7.11 Å². The fourth-order valence-corrected chi connectivity index (χ4v) is 3.16. The number of nitrogens with two attached hydrogens (primary N) is 1. The summed E-state index contributed by atoms with van der Waals surface area (Å²) in [6.07, 6.45) is 6.00. The van der Waals surface area contributed by atoms with Crippen molar-refractivity contribution in [3.8, 4) is 0 Å². The van der Waals surface area contributed by atoms with E-state index in [9.17, 15) is 0 Å². The molecular formula is C13H26N2O2. The van der Waals surface area contributed by atoms with E-state index in [1.165, 1.54) is 19.4 Å². The van der Waals surface area contributed by atoms with E-state index in [0.717, 1.165) is 45.5 Å². The minimum atomic E-state index is 0.0613. The quantitative estimate of drug-likeness (QED) is 0.799. The van der Waals surface area contributed by atoms with Gasteiger partial charge in [-0.2, -0.15) is 0 Å². The molecule has 2 aliphatic heterocycles. The van der Waals surface area contributed by atoms with Crippen molar-refractivity contribution in [3.63, 3.8) is 0 Å². The molecule has 0 aromatic rings. The molecule has 2 heterocycles. The molecule has 2 N–H and O–H groups in total. The first kappa shape index (κ1) is 13.3. The molecule has 2 saturated heterocycles. The van der Waals surface area contributed by atoms with Crippen LogP contribution in [0, 0.1) is 0 Å². The van der Waals surface area contributed by atoms with Gasteiger partial charge in [0.15, 0.2) is 0 Å². The van der Waals surface area contributed by atoms with Crippen LogP contribution in [-0.4, -0.2) is 56.5 Å². The van der Waals surface area contributed by atoms with Crippen LogP contribution in [-0.2, 0) is 9.47 Å². The monoisotopic (exact) mass is 242 g/mol. The van der Waals surface area contributed by atoms with E-state index in [-0.39, 0.29) is 5.60 Å². The van der Waals surface area contributed by atoms with Crippen LogP contribution in [0.5, 0.6) is 0 Å². The van der Waals surface area contributed by atoms with Gasteiger partial charge in [0.1, 0.15) is 0 Å². The topological polar surface area (TPSA) is 47.7 Å². The first-order valence-electron chi connectivity index (χ1n) is 6.87. The zero-order valence-electron chi connectivity index (χ0n) is 11.0. The molecule has 0 amide bonds. The van der Waals surface area contributed by atoms with Gasteiger partial charge in [0.2, 0.25) is 0 Å². The van der Waals surface area contributed by atoms with Gasteiger partial charge in [-0.3, -0.25) is 0 Å². The lowest BCUT2D eigenvalue weighted by molar-refractivity contribution is -0.152. The predicted molar refractivity (Wildman–Crippen MR) is 68.1 cm³/mol. The molecule has 2 aliphatic rings. The van der Waals surface area contributed by atoms with Gasteiger partial charge in [-0.05, 0) is 45.3 Å². The maximum absolute atomic E-state index is 6.10. The number of nitrogens with zero attached hydrogens (tertiary/aromatic N) is 1. The maximum atomic E-state index is 6.10. The zero-order chi connectivity index (χ0) is 12.1. The van der Waals surface area contributed by atoms with Gasteiger partial charge in [-0.25, -0.2) is 0 Å². The molecule has 0 unspecified atom stereocenters. The Morgan fingerprint density at radius 2 is 2.41 bits per heavy atom. The summed E-state index contributed by atoms with van der Waals surface area (Å²) in [5.74, 6) is 0. The SMILES string of the molecule is CO[C@@H]1CCO[C@@]2(CCCN(CCCN)C2)C1. The van der Waals surface area contributed by atoms with Crippen molar-refractivity contribution >= 4 is 0 Å². The third-order valence-electron chi connectivity index (χ3n) is 4.08. The second kappa shape index (κ2) is 6.14. The fraction of sp³-hybridized carbons (Fsp3) is 1.00. The highest BCUT2D eigenvalue weighted by Gasteiger charge is 2.40. The summed E-state index contributed by atoms with van der Waals surface area (Å²) < 4.78 is 11.6. The van der Waals surface area contributed by atoms with Crippen molar-refractivity contribution in [3.05, 3.63) is 0 Å². The summed E-state index contributed by atoms with van der Waals surface area (Å²) in [5, 5.41) is 0. The van der Waals surface area contributed by atoms with E-state index in [2.05, 4.69) is 4.90 Å². The number of methoxy groups -OCH3 is 1. The Hall–Kier alpha value is -0.160. The molecular weight excluding hydrogens is 216 g/mol. The Morgan fingerprint density at radius 1 is 1.53 bits per heavy atom. The average molecular weight is 242 g/mol. The van der Waals surface area contributed by atoms with Crippen LogP contribution in [0.3, 0.4) is 0 Å². The molecule has 0 radical (unpaired) electrons. The highest BCUT2D eigenvalue weighted by Crippen LogP contribution is 2.34. The van der Waals surface area contributed by atoms with E-state index < -0.39 is 0 Å². The smallest absolute Gasteiger partial charge is 0.0833 e. The van der Waals surface area contributed by atoms with E-state index >= 15 is 0 Å². The van der Waals surface area contributed by atoms with E-state index in [1.54, 1.807) is 0 Å². The lowest BCUT2D eigenvalue weighted by Crippen LogP contribution is -2.54. The Bertz CT molecular complexity index is 233. The van der Waals surface area contributed by atoms with E-state index in [4.69, 9.17) is 15.2 Å². The molecule has 1 spiro atoms. The number of piperidine rings is 1. The molecule has 2 rings (SSSR count). The molecule has 17 heavy (non-hydrogen) atoms. The molecule has 2 fully saturated rings. The molecule has 2 atom stereocenters. The van der Waals surface area contributed by atoms with E-state index in [0.29, 0.717) is 6.10 Å². The summed E-state index contributed by atoms with van der Waals surface area (Å²) in [5.41, 5.74) is 5.64. The number of rotatable bonds is 4. The van der Waals surface area contributed by atoms with Crippen molar-refractivity contribution in [2.75, 3.05) is 39.9 Å². The lowest BCUT2D eigenvalue weighted by atomic mass is 9.84. The third kappa shape index (κ3) is 3.41. The molecule has 4 nitrogen and oxygen atoms in total. The second-order valence-electron chi connectivity index (χ2n) is 5.40. The minimum absolute atomic E-state index is 0.0613. The van der Waals surface area contributed by atoms with Crippen LogP contribution in [0.25, 0.3) is 0 Å². The van der Waals surface area contributed by atoms with Crippen molar-refractivity contribution in [2.45, 2.75) is 43.8 Å². The standard InChI is InChI=1S/C13H26N2O2/c1-16-12-4-9-17-13(10-12)5-2-7-15(11-13)8-3-6-14/h12H,2-11,14H2,1H3/t12-,13+/m1/s1. The maximum Gasteiger partial charge on any atom is 0.0833 e. The zero-order valence-corrected chi connectivity index (χ0v) is 11.0. The lowest BCUT2D eigenvalue weighted by Gasteiger charge is -2.46. The number of ether oxygens (including phenoxy) is 2. The van der Waals surface area contributed by atoms with Crippen molar-refractivity contribution in [1.82, 2.24) is 4.90 Å². The summed E-state index contributed by atoms with van der Waals surface area (Å²) in [7, 11) is 1.82. The Labute approximate surface area is 104 Å².